The molecule has 1 aliphatic heterocycles. The Balaban J connectivity index is 2.10. The number of rotatable bonds is 2. The summed E-state index contributed by atoms with van der Waals surface area (Å²) >= 11 is 3.45. The Bertz CT molecular complexity index is 641. The number of amides is 1. The first kappa shape index (κ1) is 12.5. The van der Waals surface area contributed by atoms with E-state index in [0.29, 0.717) is 12.3 Å². The van der Waals surface area contributed by atoms with E-state index in [2.05, 4.69) is 15.9 Å². The maximum Gasteiger partial charge on any atom is 0.227 e. The molecule has 1 saturated heterocycles. The molecule has 3 nitrogen and oxygen atoms in total. The molecule has 1 fully saturated rings. The molecule has 0 saturated carbocycles. The minimum Gasteiger partial charge on any atom is -0.508 e. The van der Waals surface area contributed by atoms with Gasteiger partial charge in [0.2, 0.25) is 5.91 Å². The van der Waals surface area contributed by atoms with E-state index >= 15 is 0 Å². The molecule has 0 radical (unpaired) electrons. The minimum atomic E-state index is 0.153. The largest absolute Gasteiger partial charge is 0.508 e. The van der Waals surface area contributed by atoms with E-state index < -0.39 is 0 Å². The van der Waals surface area contributed by atoms with Crippen LogP contribution in [0.3, 0.4) is 0 Å². The predicted molar refractivity (Wildman–Crippen MR) is 79.9 cm³/mol. The molecule has 0 bridgehead atoms. The van der Waals surface area contributed by atoms with Gasteiger partial charge in [-0.3, -0.25) is 4.79 Å². The summed E-state index contributed by atoms with van der Waals surface area (Å²) < 4.78 is 0. The number of alkyl halides is 1. The molecule has 4 heteroatoms. The Morgan fingerprint density at radius 3 is 2.89 bits per heavy atom. The number of phenolic OH excluding ortho intramolecular Hbond substituents is 1. The molecule has 1 heterocycles. The van der Waals surface area contributed by atoms with E-state index in [1.807, 2.05) is 29.2 Å². The van der Waals surface area contributed by atoms with Crippen LogP contribution in [0.2, 0.25) is 0 Å². The smallest absolute Gasteiger partial charge is 0.227 e. The summed E-state index contributed by atoms with van der Waals surface area (Å²) in [4.78, 5) is 13.9. The van der Waals surface area contributed by atoms with Gasteiger partial charge in [0, 0.05) is 23.7 Å². The maximum atomic E-state index is 12.1. The number of benzene rings is 2. The summed E-state index contributed by atoms with van der Waals surface area (Å²) in [5.74, 6) is 0.740. The number of carbonyl (C=O) groups excluding carboxylic acids is 1. The molecule has 3 rings (SSSR count). The van der Waals surface area contributed by atoms with Crippen molar-refractivity contribution < 1.29 is 9.90 Å². The second-order valence-corrected chi connectivity index (χ2v) is 5.56. The van der Waals surface area contributed by atoms with Gasteiger partial charge in [-0.2, -0.15) is 0 Å². The molecule has 2 aromatic carbocycles. The Morgan fingerprint density at radius 2 is 2.16 bits per heavy atom. The summed E-state index contributed by atoms with van der Waals surface area (Å²) in [7, 11) is 0. The van der Waals surface area contributed by atoms with Crippen molar-refractivity contribution in [3.05, 3.63) is 36.4 Å². The van der Waals surface area contributed by atoms with Crippen molar-refractivity contribution in [3.63, 3.8) is 0 Å². The van der Waals surface area contributed by atoms with Crippen molar-refractivity contribution in [2.45, 2.75) is 6.42 Å². The number of nitrogens with zero attached hydrogens (tertiary/aromatic N) is 1. The highest BCUT2D eigenvalue weighted by atomic mass is 79.9. The van der Waals surface area contributed by atoms with E-state index in [-0.39, 0.29) is 11.7 Å². The predicted octanol–water partition coefficient (Wildman–Crippen LogP) is 3.29. The van der Waals surface area contributed by atoms with E-state index in [1.54, 1.807) is 12.1 Å². The van der Waals surface area contributed by atoms with E-state index in [4.69, 9.17) is 0 Å². The first-order valence-electron chi connectivity index (χ1n) is 6.27. The van der Waals surface area contributed by atoms with Crippen molar-refractivity contribution in [1.82, 2.24) is 0 Å². The number of halogens is 1. The number of phenols is 1. The van der Waals surface area contributed by atoms with Crippen LogP contribution >= 0.6 is 15.9 Å². The highest BCUT2D eigenvalue weighted by molar-refractivity contribution is 9.09. The van der Waals surface area contributed by atoms with Crippen LogP contribution < -0.4 is 4.90 Å². The number of anilines is 1. The second-order valence-electron chi connectivity index (χ2n) is 4.91. The molecule has 1 N–H and O–H groups in total. The van der Waals surface area contributed by atoms with Gasteiger partial charge >= 0.3 is 0 Å². The van der Waals surface area contributed by atoms with Crippen molar-refractivity contribution >= 4 is 38.3 Å². The molecule has 1 unspecified atom stereocenters. The average Bonchev–Trinajstić information content (AvgIpc) is 2.79. The lowest BCUT2D eigenvalue weighted by atomic mass is 10.1. The zero-order valence-electron chi connectivity index (χ0n) is 10.3. The Kier molecular flexibility index (Phi) is 3.19. The molecule has 1 amide bonds. The van der Waals surface area contributed by atoms with Crippen LogP contribution in [0.15, 0.2) is 36.4 Å². The van der Waals surface area contributed by atoms with E-state index in [1.165, 1.54) is 0 Å². The van der Waals surface area contributed by atoms with Crippen LogP contribution in [0.4, 0.5) is 5.69 Å². The lowest BCUT2D eigenvalue weighted by molar-refractivity contribution is -0.117. The van der Waals surface area contributed by atoms with Gasteiger partial charge in [0.1, 0.15) is 5.75 Å². The maximum absolute atomic E-state index is 12.1. The van der Waals surface area contributed by atoms with Crippen LogP contribution in [0.5, 0.6) is 5.75 Å². The van der Waals surface area contributed by atoms with Crippen LogP contribution in [-0.4, -0.2) is 22.9 Å². The van der Waals surface area contributed by atoms with Gasteiger partial charge in [-0.1, -0.05) is 34.1 Å². The van der Waals surface area contributed by atoms with Gasteiger partial charge in [-0.05, 0) is 29.5 Å². The highest BCUT2D eigenvalue weighted by Crippen LogP contribution is 2.33. The molecule has 2 aromatic rings. The first-order valence-corrected chi connectivity index (χ1v) is 7.39. The van der Waals surface area contributed by atoms with E-state index in [0.717, 1.165) is 28.3 Å². The normalized spacial score (nSPS) is 19.3. The van der Waals surface area contributed by atoms with Crippen LogP contribution in [0.25, 0.3) is 10.8 Å². The van der Waals surface area contributed by atoms with Gasteiger partial charge < -0.3 is 10.0 Å². The fourth-order valence-corrected chi connectivity index (χ4v) is 3.03. The summed E-state index contributed by atoms with van der Waals surface area (Å²) in [5.41, 5.74) is 0.891. The van der Waals surface area contributed by atoms with Gasteiger partial charge in [-0.25, -0.2) is 0 Å². The third-order valence-corrected chi connectivity index (χ3v) is 4.47. The minimum absolute atomic E-state index is 0.153. The molecular formula is C15H14BrNO2. The number of fused-ring (bicyclic) bond motifs is 1. The molecular weight excluding hydrogens is 306 g/mol. The van der Waals surface area contributed by atoms with Crippen LogP contribution in [-0.2, 0) is 4.79 Å². The van der Waals surface area contributed by atoms with Gasteiger partial charge in [0.05, 0.1) is 5.69 Å². The van der Waals surface area contributed by atoms with E-state index in [9.17, 15) is 9.90 Å². The number of hydrogen-bond acceptors (Lipinski definition) is 2. The monoisotopic (exact) mass is 319 g/mol. The lowest BCUT2D eigenvalue weighted by Gasteiger charge is -2.19. The Hall–Kier alpha value is -1.55. The highest BCUT2D eigenvalue weighted by Gasteiger charge is 2.30. The molecule has 0 spiro atoms. The zero-order chi connectivity index (χ0) is 13.4. The second kappa shape index (κ2) is 4.85. The first-order chi connectivity index (χ1) is 9.19. The molecule has 1 atom stereocenters. The third-order valence-electron chi connectivity index (χ3n) is 3.56. The van der Waals surface area contributed by atoms with Crippen molar-refractivity contribution in [2.24, 2.45) is 5.92 Å². The van der Waals surface area contributed by atoms with Crippen molar-refractivity contribution in [1.29, 1.82) is 0 Å². The van der Waals surface area contributed by atoms with Crippen molar-refractivity contribution in [3.8, 4) is 5.75 Å². The number of hydrogen-bond donors (Lipinski definition) is 1. The molecule has 0 aliphatic carbocycles. The topological polar surface area (TPSA) is 40.5 Å². The summed E-state index contributed by atoms with van der Waals surface area (Å²) in [6.45, 7) is 0.735. The zero-order valence-corrected chi connectivity index (χ0v) is 11.9. The Morgan fingerprint density at radius 1 is 1.32 bits per heavy atom. The SMILES string of the molecule is O=C1CC(CBr)CN1c1cccc2ccc(O)cc12. The molecule has 1 aliphatic rings. The summed E-state index contributed by atoms with van der Waals surface area (Å²) in [6, 6.07) is 11.1. The van der Waals surface area contributed by atoms with Gasteiger partial charge in [0.15, 0.2) is 0 Å². The Labute approximate surface area is 120 Å². The van der Waals surface area contributed by atoms with Gasteiger partial charge in [-0.15, -0.1) is 0 Å². The summed E-state index contributed by atoms with van der Waals surface area (Å²) in [5, 5.41) is 12.4. The van der Waals surface area contributed by atoms with Crippen LogP contribution in [0, 0.1) is 5.92 Å². The lowest BCUT2D eigenvalue weighted by Crippen LogP contribution is -2.24. The average molecular weight is 320 g/mol. The fraction of sp³-hybridized carbons (Fsp3) is 0.267. The fourth-order valence-electron chi connectivity index (χ4n) is 2.60. The van der Waals surface area contributed by atoms with Gasteiger partial charge in [0.25, 0.3) is 0 Å². The molecule has 0 aromatic heterocycles. The quantitative estimate of drug-likeness (QED) is 0.863. The number of aromatic hydroxyl groups is 1. The summed E-state index contributed by atoms with van der Waals surface area (Å²) in [6.07, 6.45) is 0.584. The van der Waals surface area contributed by atoms with Crippen LogP contribution in [0.1, 0.15) is 6.42 Å². The standard InChI is InChI=1S/C15H14BrNO2/c16-8-10-6-15(19)17(9-10)14-3-1-2-11-4-5-12(18)7-13(11)14/h1-5,7,10,18H,6,8-9H2. The molecule has 98 valence electrons. The molecule has 19 heavy (non-hydrogen) atoms. The van der Waals surface area contributed by atoms with Crippen molar-refractivity contribution in [2.75, 3.05) is 16.8 Å². The number of carbonyl (C=O) groups is 1. The third kappa shape index (κ3) is 2.21.